The summed E-state index contributed by atoms with van der Waals surface area (Å²) in [4.78, 5) is 11.2. The second-order valence-electron chi connectivity index (χ2n) is 4.68. The number of methoxy groups -OCH3 is 1. The van der Waals surface area contributed by atoms with Crippen LogP contribution in [0.25, 0.3) is 0 Å². The van der Waals surface area contributed by atoms with Crippen LogP contribution in [0.5, 0.6) is 11.5 Å². The van der Waals surface area contributed by atoms with Gasteiger partial charge in [-0.15, -0.1) is 0 Å². The number of hydrogen-bond donors (Lipinski definition) is 2. The number of hydrogen-bond acceptors (Lipinski definition) is 4. The number of carbonyl (C=O) groups is 1. The Balaban J connectivity index is 2.01. The normalized spacial score (nSPS) is 26.9. The van der Waals surface area contributed by atoms with Gasteiger partial charge in [-0.2, -0.15) is 0 Å². The van der Waals surface area contributed by atoms with Crippen LogP contribution in [0, 0.1) is 0 Å². The molecule has 2 atom stereocenters. The van der Waals surface area contributed by atoms with Gasteiger partial charge in [-0.25, -0.2) is 0 Å². The number of carbonyl (C=O) groups excluding carboxylic acids is 1. The van der Waals surface area contributed by atoms with Crippen molar-refractivity contribution in [2.24, 2.45) is 11.5 Å². The predicted molar refractivity (Wildman–Crippen MR) is 67.4 cm³/mol. The lowest BCUT2D eigenvalue weighted by atomic mass is 9.99. The first kappa shape index (κ1) is 12.7. The zero-order valence-corrected chi connectivity index (χ0v) is 10.4. The number of primary amides is 1. The van der Waals surface area contributed by atoms with Gasteiger partial charge < -0.3 is 20.9 Å². The third kappa shape index (κ3) is 2.56. The summed E-state index contributed by atoms with van der Waals surface area (Å²) in [6.07, 6.45) is 1.68. The monoisotopic (exact) mass is 250 g/mol. The minimum Gasteiger partial charge on any atom is -0.497 e. The molecule has 5 nitrogen and oxygen atoms in total. The van der Waals surface area contributed by atoms with Crippen LogP contribution in [0.4, 0.5) is 0 Å². The van der Waals surface area contributed by atoms with Crippen molar-refractivity contribution in [3.63, 3.8) is 0 Å². The molecular weight excluding hydrogens is 232 g/mol. The maximum absolute atomic E-state index is 11.2. The highest BCUT2D eigenvalue weighted by Crippen LogP contribution is 2.31. The van der Waals surface area contributed by atoms with E-state index >= 15 is 0 Å². The molecule has 4 N–H and O–H groups in total. The SMILES string of the molecule is COc1cccc(OC2CCC(N)(C(N)=O)C2)c1. The van der Waals surface area contributed by atoms with Gasteiger partial charge in [0.1, 0.15) is 17.6 Å². The summed E-state index contributed by atoms with van der Waals surface area (Å²) in [5.41, 5.74) is 10.3. The van der Waals surface area contributed by atoms with Gasteiger partial charge in [-0.1, -0.05) is 6.07 Å². The summed E-state index contributed by atoms with van der Waals surface area (Å²) in [5, 5.41) is 0. The molecule has 1 aliphatic carbocycles. The zero-order chi connectivity index (χ0) is 13.2. The number of nitrogens with two attached hydrogens (primary N) is 2. The lowest BCUT2D eigenvalue weighted by Gasteiger charge is -2.20. The Morgan fingerprint density at radius 1 is 1.44 bits per heavy atom. The topological polar surface area (TPSA) is 87.6 Å². The van der Waals surface area contributed by atoms with Crippen molar-refractivity contribution in [3.05, 3.63) is 24.3 Å². The van der Waals surface area contributed by atoms with Gasteiger partial charge in [0.2, 0.25) is 5.91 Å². The van der Waals surface area contributed by atoms with Crippen molar-refractivity contribution in [2.45, 2.75) is 30.9 Å². The highest BCUT2D eigenvalue weighted by atomic mass is 16.5. The van der Waals surface area contributed by atoms with Gasteiger partial charge in [0.25, 0.3) is 0 Å². The maximum atomic E-state index is 11.2. The minimum atomic E-state index is -0.927. The second kappa shape index (κ2) is 4.86. The molecule has 1 amide bonds. The molecule has 1 saturated carbocycles. The first-order valence-corrected chi connectivity index (χ1v) is 5.93. The summed E-state index contributed by atoms with van der Waals surface area (Å²) >= 11 is 0. The average Bonchev–Trinajstić information content (AvgIpc) is 2.72. The molecule has 1 aliphatic rings. The van der Waals surface area contributed by atoms with E-state index in [1.165, 1.54) is 0 Å². The van der Waals surface area contributed by atoms with E-state index in [9.17, 15) is 4.79 Å². The van der Waals surface area contributed by atoms with Crippen molar-refractivity contribution in [1.82, 2.24) is 0 Å². The largest absolute Gasteiger partial charge is 0.497 e. The Morgan fingerprint density at radius 2 is 2.17 bits per heavy atom. The number of ether oxygens (including phenoxy) is 2. The highest BCUT2D eigenvalue weighted by molar-refractivity contribution is 5.84. The van der Waals surface area contributed by atoms with Crippen LogP contribution < -0.4 is 20.9 Å². The van der Waals surface area contributed by atoms with E-state index < -0.39 is 11.4 Å². The van der Waals surface area contributed by atoms with E-state index in [0.29, 0.717) is 18.6 Å². The van der Waals surface area contributed by atoms with Crippen LogP contribution in [-0.2, 0) is 4.79 Å². The average molecular weight is 250 g/mol. The third-order valence-electron chi connectivity index (χ3n) is 3.34. The molecule has 0 aliphatic heterocycles. The molecule has 2 unspecified atom stereocenters. The number of benzene rings is 1. The minimum absolute atomic E-state index is 0.0744. The lowest BCUT2D eigenvalue weighted by Crippen LogP contribution is -2.50. The van der Waals surface area contributed by atoms with Gasteiger partial charge in [-0.3, -0.25) is 4.79 Å². The smallest absolute Gasteiger partial charge is 0.237 e. The number of amides is 1. The Bertz CT molecular complexity index is 450. The first-order valence-electron chi connectivity index (χ1n) is 5.93. The van der Waals surface area contributed by atoms with Crippen molar-refractivity contribution < 1.29 is 14.3 Å². The van der Waals surface area contributed by atoms with Crippen LogP contribution >= 0.6 is 0 Å². The maximum Gasteiger partial charge on any atom is 0.237 e. The predicted octanol–water partition coefficient (Wildman–Crippen LogP) is 0.809. The quantitative estimate of drug-likeness (QED) is 0.827. The molecule has 0 radical (unpaired) electrons. The molecule has 5 heteroatoms. The van der Waals surface area contributed by atoms with E-state index in [1.54, 1.807) is 13.2 Å². The Kier molecular flexibility index (Phi) is 3.43. The molecular formula is C13H18N2O3. The van der Waals surface area contributed by atoms with E-state index in [-0.39, 0.29) is 6.10 Å². The van der Waals surface area contributed by atoms with E-state index in [0.717, 1.165) is 12.2 Å². The van der Waals surface area contributed by atoms with Crippen molar-refractivity contribution in [3.8, 4) is 11.5 Å². The van der Waals surface area contributed by atoms with Gasteiger partial charge in [0.15, 0.2) is 0 Å². The standard InChI is InChI=1S/C13H18N2O3/c1-17-9-3-2-4-10(7-9)18-11-5-6-13(15,8-11)12(14)16/h2-4,7,11H,5-6,8,15H2,1H3,(H2,14,16). The molecule has 1 aromatic carbocycles. The molecule has 0 saturated heterocycles. The second-order valence-corrected chi connectivity index (χ2v) is 4.68. The fraction of sp³-hybridized carbons (Fsp3) is 0.462. The van der Waals surface area contributed by atoms with Crippen LogP contribution in [-0.4, -0.2) is 24.7 Å². The first-order chi connectivity index (χ1) is 8.53. The molecule has 1 aromatic rings. The summed E-state index contributed by atoms with van der Waals surface area (Å²) in [6.45, 7) is 0. The fourth-order valence-corrected chi connectivity index (χ4v) is 2.22. The van der Waals surface area contributed by atoms with Crippen molar-refractivity contribution in [2.75, 3.05) is 7.11 Å². The molecule has 18 heavy (non-hydrogen) atoms. The van der Waals surface area contributed by atoms with Gasteiger partial charge in [0.05, 0.1) is 12.6 Å². The zero-order valence-electron chi connectivity index (χ0n) is 10.4. The van der Waals surface area contributed by atoms with E-state index in [4.69, 9.17) is 20.9 Å². The van der Waals surface area contributed by atoms with Crippen molar-refractivity contribution in [1.29, 1.82) is 0 Å². The molecule has 98 valence electrons. The lowest BCUT2D eigenvalue weighted by molar-refractivity contribution is -0.123. The Labute approximate surface area is 106 Å². The molecule has 0 spiro atoms. The van der Waals surface area contributed by atoms with E-state index in [1.807, 2.05) is 18.2 Å². The summed E-state index contributed by atoms with van der Waals surface area (Å²) in [5.74, 6) is 0.992. The molecule has 2 rings (SSSR count). The van der Waals surface area contributed by atoms with Gasteiger partial charge >= 0.3 is 0 Å². The van der Waals surface area contributed by atoms with Crippen LogP contribution in [0.2, 0.25) is 0 Å². The summed E-state index contributed by atoms with van der Waals surface area (Å²) in [6, 6.07) is 7.36. The van der Waals surface area contributed by atoms with Gasteiger partial charge in [0, 0.05) is 12.5 Å². The third-order valence-corrected chi connectivity index (χ3v) is 3.34. The molecule has 1 fully saturated rings. The van der Waals surface area contributed by atoms with Crippen LogP contribution in [0.1, 0.15) is 19.3 Å². The molecule has 0 aromatic heterocycles. The fourth-order valence-electron chi connectivity index (χ4n) is 2.22. The van der Waals surface area contributed by atoms with Gasteiger partial charge in [-0.05, 0) is 25.0 Å². The Morgan fingerprint density at radius 3 is 2.78 bits per heavy atom. The van der Waals surface area contributed by atoms with Crippen molar-refractivity contribution >= 4 is 5.91 Å². The Hall–Kier alpha value is -1.75. The van der Waals surface area contributed by atoms with E-state index in [2.05, 4.69) is 0 Å². The molecule has 0 bridgehead atoms. The highest BCUT2D eigenvalue weighted by Gasteiger charge is 2.41. The molecule has 0 heterocycles. The van der Waals surface area contributed by atoms with Crippen LogP contribution in [0.15, 0.2) is 24.3 Å². The van der Waals surface area contributed by atoms with Crippen LogP contribution in [0.3, 0.4) is 0 Å². The summed E-state index contributed by atoms with van der Waals surface area (Å²) in [7, 11) is 1.60. The number of rotatable bonds is 4. The summed E-state index contributed by atoms with van der Waals surface area (Å²) < 4.78 is 10.9.